The van der Waals surface area contributed by atoms with Gasteiger partial charge in [-0.3, -0.25) is 0 Å². The van der Waals surface area contributed by atoms with Crippen LogP contribution in [0.5, 0.6) is 0 Å². The molecule has 0 nitrogen and oxygen atoms in total. The number of hydrogen-bond acceptors (Lipinski definition) is 1. The molecule has 0 saturated carbocycles. The summed E-state index contributed by atoms with van der Waals surface area (Å²) in [5, 5.41) is 0. The summed E-state index contributed by atoms with van der Waals surface area (Å²) in [6.07, 6.45) is 1.35. The predicted molar refractivity (Wildman–Crippen MR) is 37.0 cm³/mol. The Bertz CT molecular complexity index is 19.5. The van der Waals surface area contributed by atoms with Crippen LogP contribution in [-0.4, -0.2) is 11.9 Å². The summed E-state index contributed by atoms with van der Waals surface area (Å²) in [7, 11) is 1.13. The Kier molecular flexibility index (Phi) is 6.53. The third kappa shape index (κ3) is 4.78. The van der Waals surface area contributed by atoms with E-state index in [1.807, 2.05) is 11.4 Å². The van der Waals surface area contributed by atoms with Crippen molar-refractivity contribution in [1.82, 2.24) is 0 Å². The average Bonchev–Trinajstić information content (AvgIpc) is 1.61. The van der Waals surface area contributed by atoms with Gasteiger partial charge in [0.15, 0.2) is 0 Å². The van der Waals surface area contributed by atoms with Crippen molar-refractivity contribution in [3.05, 3.63) is 0 Å². The van der Waals surface area contributed by atoms with Crippen LogP contribution in [0.15, 0.2) is 0 Å². The topological polar surface area (TPSA) is 0 Å². The molecule has 0 fully saturated rings. The molecule has 1 unspecified atom stereocenters. The van der Waals surface area contributed by atoms with E-state index in [1.165, 1.54) is 11.9 Å². The molecule has 38 valence electrons. The molecule has 0 heterocycles. The minimum Gasteiger partial charge on any atom is -0.138 e. The SMILES string of the molecule is CCPSCC. The fraction of sp³-hybridized carbons (Fsp3) is 1.00. The van der Waals surface area contributed by atoms with Crippen molar-refractivity contribution in [2.75, 3.05) is 11.9 Å². The Morgan fingerprint density at radius 3 is 2.33 bits per heavy atom. The standard InChI is InChI=1S/C4H11PS/c1-3-5-6-4-2/h5H,3-4H2,1-2H3. The van der Waals surface area contributed by atoms with Gasteiger partial charge in [0.2, 0.25) is 0 Å². The molecule has 0 aliphatic carbocycles. The van der Waals surface area contributed by atoms with E-state index < -0.39 is 0 Å². The lowest BCUT2D eigenvalue weighted by Gasteiger charge is -1.87. The molecule has 0 aromatic carbocycles. The number of hydrogen-bond donors (Lipinski definition) is 0. The van der Waals surface area contributed by atoms with Gasteiger partial charge in [0.1, 0.15) is 0 Å². The van der Waals surface area contributed by atoms with Crippen LogP contribution >= 0.6 is 19.2 Å². The van der Waals surface area contributed by atoms with E-state index in [9.17, 15) is 0 Å². The van der Waals surface area contributed by atoms with Gasteiger partial charge in [0, 0.05) is 0 Å². The minimum atomic E-state index is 1.13. The highest BCUT2D eigenvalue weighted by molar-refractivity contribution is 8.49. The maximum absolute atomic E-state index is 2.22. The maximum atomic E-state index is 2.22. The van der Waals surface area contributed by atoms with E-state index in [0.29, 0.717) is 0 Å². The molecule has 0 spiro atoms. The second-order valence-electron chi connectivity index (χ2n) is 0.931. The second kappa shape index (κ2) is 5.78. The Balaban J connectivity index is 2.34. The van der Waals surface area contributed by atoms with Crippen molar-refractivity contribution in [2.45, 2.75) is 13.8 Å². The lowest BCUT2D eigenvalue weighted by Crippen LogP contribution is -1.56. The quantitative estimate of drug-likeness (QED) is 0.409. The van der Waals surface area contributed by atoms with Gasteiger partial charge in [-0.25, -0.2) is 0 Å². The molecule has 0 saturated heterocycles. The summed E-state index contributed by atoms with van der Waals surface area (Å²) >= 11 is 2.04. The molecule has 0 N–H and O–H groups in total. The molecule has 0 aliphatic heterocycles. The molecule has 1 atom stereocenters. The Morgan fingerprint density at radius 2 is 2.17 bits per heavy atom. The summed E-state index contributed by atoms with van der Waals surface area (Å²) in [5.41, 5.74) is 0. The predicted octanol–water partition coefficient (Wildman–Crippen LogP) is 2.35. The largest absolute Gasteiger partial charge is 0.138 e. The minimum absolute atomic E-state index is 1.13. The van der Waals surface area contributed by atoms with E-state index in [2.05, 4.69) is 13.8 Å². The van der Waals surface area contributed by atoms with Crippen LogP contribution < -0.4 is 0 Å². The van der Waals surface area contributed by atoms with Gasteiger partial charge in [-0.2, -0.15) is 0 Å². The van der Waals surface area contributed by atoms with Crippen LogP contribution in [-0.2, 0) is 0 Å². The van der Waals surface area contributed by atoms with Gasteiger partial charge in [-0.1, -0.05) is 21.6 Å². The smallest absolute Gasteiger partial charge is 0.00568 e. The van der Waals surface area contributed by atoms with Gasteiger partial charge in [-0.05, 0) is 11.9 Å². The van der Waals surface area contributed by atoms with Crippen molar-refractivity contribution in [2.24, 2.45) is 0 Å². The summed E-state index contributed by atoms with van der Waals surface area (Å²) in [6, 6.07) is 0. The summed E-state index contributed by atoms with van der Waals surface area (Å²) in [5.74, 6) is 1.28. The van der Waals surface area contributed by atoms with Gasteiger partial charge >= 0.3 is 0 Å². The highest BCUT2D eigenvalue weighted by Gasteiger charge is 1.74. The molecule has 0 aliphatic rings. The molecule has 0 rings (SSSR count). The molecule has 2 heteroatoms. The molecular formula is C4H11PS. The number of rotatable bonds is 3. The molecule has 0 amide bonds. The van der Waals surface area contributed by atoms with Crippen LogP contribution in [0.25, 0.3) is 0 Å². The zero-order valence-electron chi connectivity index (χ0n) is 4.32. The first-order chi connectivity index (χ1) is 2.91. The fourth-order valence-corrected chi connectivity index (χ4v) is 1.84. The molecule has 6 heavy (non-hydrogen) atoms. The average molecular weight is 122 g/mol. The first kappa shape index (κ1) is 6.78. The van der Waals surface area contributed by atoms with E-state index in [4.69, 9.17) is 0 Å². The van der Waals surface area contributed by atoms with Crippen LogP contribution in [0.2, 0.25) is 0 Å². The normalized spacial score (nSPS) is 11.0. The van der Waals surface area contributed by atoms with Crippen molar-refractivity contribution in [3.63, 3.8) is 0 Å². The zero-order valence-corrected chi connectivity index (χ0v) is 6.14. The lowest BCUT2D eigenvalue weighted by molar-refractivity contribution is 1.52. The van der Waals surface area contributed by atoms with Crippen LogP contribution in [0, 0.1) is 0 Å². The van der Waals surface area contributed by atoms with Crippen molar-refractivity contribution in [1.29, 1.82) is 0 Å². The van der Waals surface area contributed by atoms with Gasteiger partial charge in [-0.15, -0.1) is 11.4 Å². The van der Waals surface area contributed by atoms with Crippen molar-refractivity contribution >= 4 is 19.2 Å². The van der Waals surface area contributed by atoms with Crippen molar-refractivity contribution < 1.29 is 0 Å². The highest BCUT2D eigenvalue weighted by atomic mass is 32.7. The first-order valence-electron chi connectivity index (χ1n) is 2.26. The fourth-order valence-electron chi connectivity index (χ4n) is 0.204. The maximum Gasteiger partial charge on any atom is -0.00568 e. The van der Waals surface area contributed by atoms with Crippen LogP contribution in [0.1, 0.15) is 13.8 Å². The van der Waals surface area contributed by atoms with E-state index in [0.717, 1.165) is 7.78 Å². The summed E-state index contributed by atoms with van der Waals surface area (Å²) in [4.78, 5) is 0. The summed E-state index contributed by atoms with van der Waals surface area (Å²) in [6.45, 7) is 4.43. The van der Waals surface area contributed by atoms with E-state index in [-0.39, 0.29) is 0 Å². The molecule has 0 aromatic rings. The highest BCUT2D eigenvalue weighted by Crippen LogP contribution is 2.26. The Hall–Kier alpha value is 0.780. The van der Waals surface area contributed by atoms with E-state index in [1.54, 1.807) is 0 Å². The second-order valence-corrected chi connectivity index (χ2v) is 4.52. The zero-order chi connectivity index (χ0) is 4.83. The van der Waals surface area contributed by atoms with Gasteiger partial charge in [0.25, 0.3) is 0 Å². The van der Waals surface area contributed by atoms with Crippen LogP contribution in [0.3, 0.4) is 0 Å². The molecule has 0 bridgehead atoms. The van der Waals surface area contributed by atoms with Gasteiger partial charge < -0.3 is 0 Å². The molecule has 0 radical (unpaired) electrons. The monoisotopic (exact) mass is 122 g/mol. The summed E-state index contributed by atoms with van der Waals surface area (Å²) < 4.78 is 0. The third-order valence-electron chi connectivity index (χ3n) is 0.391. The lowest BCUT2D eigenvalue weighted by atomic mass is 11.0. The van der Waals surface area contributed by atoms with E-state index >= 15 is 0 Å². The van der Waals surface area contributed by atoms with Crippen molar-refractivity contribution in [3.8, 4) is 0 Å². The molecule has 0 aromatic heterocycles. The van der Waals surface area contributed by atoms with Gasteiger partial charge in [0.05, 0.1) is 0 Å². The first-order valence-corrected chi connectivity index (χ1v) is 5.18. The van der Waals surface area contributed by atoms with Crippen LogP contribution in [0.4, 0.5) is 0 Å². The Morgan fingerprint density at radius 1 is 1.50 bits per heavy atom. The third-order valence-corrected chi connectivity index (χ3v) is 3.52. The Labute approximate surface area is 45.6 Å². The molecular weight excluding hydrogens is 111 g/mol.